The third-order valence-electron chi connectivity index (χ3n) is 4.21. The molecule has 29 heavy (non-hydrogen) atoms. The summed E-state index contributed by atoms with van der Waals surface area (Å²) < 4.78 is 36.3. The summed E-state index contributed by atoms with van der Waals surface area (Å²) in [5.41, 5.74) is 0.453. The van der Waals surface area contributed by atoms with Crippen LogP contribution < -0.4 is 5.32 Å². The molecule has 0 spiro atoms. The maximum atomic E-state index is 12.6. The van der Waals surface area contributed by atoms with Crippen molar-refractivity contribution in [2.75, 3.05) is 45.2 Å². The highest BCUT2D eigenvalue weighted by Crippen LogP contribution is 2.17. The molecule has 0 aliphatic carbocycles. The Labute approximate surface area is 169 Å². The number of esters is 1. The first-order chi connectivity index (χ1) is 13.6. The van der Waals surface area contributed by atoms with E-state index in [4.69, 9.17) is 9.47 Å². The second-order valence-corrected chi connectivity index (χ2v) is 8.58. The number of anilines is 1. The third kappa shape index (κ3) is 6.24. The molecule has 160 valence electrons. The lowest BCUT2D eigenvalue weighted by molar-refractivity contribution is -0.160. The van der Waals surface area contributed by atoms with Crippen molar-refractivity contribution in [3.8, 4) is 0 Å². The highest BCUT2D eigenvalue weighted by atomic mass is 32.2. The molecule has 1 aliphatic rings. The predicted octanol–water partition coefficient (Wildman–Crippen LogP) is 0.0560. The van der Waals surface area contributed by atoms with E-state index in [0.717, 1.165) is 4.31 Å². The van der Waals surface area contributed by atoms with Crippen molar-refractivity contribution in [3.63, 3.8) is 0 Å². The SMILES string of the molecule is CC(=O)Nc1ccc(S(=O)(=O)N(C)CC(=O)O[C@@H](C)C(=O)N2CCOCC2)cc1. The number of hydrogen-bond acceptors (Lipinski definition) is 7. The summed E-state index contributed by atoms with van der Waals surface area (Å²) in [6.45, 7) is 3.94. The first-order valence-electron chi connectivity index (χ1n) is 9.01. The zero-order valence-electron chi connectivity index (χ0n) is 16.6. The van der Waals surface area contributed by atoms with Crippen LogP contribution in [0.15, 0.2) is 29.2 Å². The highest BCUT2D eigenvalue weighted by molar-refractivity contribution is 7.89. The van der Waals surface area contributed by atoms with Gasteiger partial charge in [-0.25, -0.2) is 8.42 Å². The molecule has 0 bridgehead atoms. The number of carbonyl (C=O) groups excluding carboxylic acids is 3. The maximum absolute atomic E-state index is 12.6. The Balaban J connectivity index is 1.94. The quantitative estimate of drug-likeness (QED) is 0.610. The Hall–Kier alpha value is -2.50. The second-order valence-electron chi connectivity index (χ2n) is 6.54. The fourth-order valence-corrected chi connectivity index (χ4v) is 3.80. The molecule has 1 aliphatic heterocycles. The first kappa shape index (κ1) is 22.8. The average molecular weight is 427 g/mol. The first-order valence-corrected chi connectivity index (χ1v) is 10.5. The molecular weight excluding hydrogens is 402 g/mol. The summed E-state index contributed by atoms with van der Waals surface area (Å²) in [5.74, 6) is -1.46. The molecule has 1 N–H and O–H groups in total. The van der Waals surface area contributed by atoms with E-state index in [0.29, 0.717) is 32.0 Å². The van der Waals surface area contributed by atoms with E-state index in [1.54, 1.807) is 4.90 Å². The Morgan fingerprint density at radius 2 is 1.79 bits per heavy atom. The minimum Gasteiger partial charge on any atom is -0.452 e. The minimum absolute atomic E-state index is 0.0423. The van der Waals surface area contributed by atoms with Gasteiger partial charge in [0.1, 0.15) is 6.54 Å². The van der Waals surface area contributed by atoms with Crippen LogP contribution in [0.5, 0.6) is 0 Å². The number of ether oxygens (including phenoxy) is 2. The van der Waals surface area contributed by atoms with Gasteiger partial charge in [0.25, 0.3) is 5.91 Å². The normalized spacial score (nSPS) is 15.7. The number of nitrogens with one attached hydrogen (secondary N) is 1. The summed E-state index contributed by atoms with van der Waals surface area (Å²) in [6, 6.07) is 5.55. The summed E-state index contributed by atoms with van der Waals surface area (Å²) >= 11 is 0. The third-order valence-corrected chi connectivity index (χ3v) is 6.03. The summed E-state index contributed by atoms with van der Waals surface area (Å²) in [6.07, 6.45) is -1.02. The molecule has 1 atom stereocenters. The minimum atomic E-state index is -3.95. The van der Waals surface area contributed by atoms with E-state index in [1.165, 1.54) is 45.2 Å². The van der Waals surface area contributed by atoms with Crippen molar-refractivity contribution in [2.45, 2.75) is 24.8 Å². The number of amides is 2. The van der Waals surface area contributed by atoms with Gasteiger partial charge in [0, 0.05) is 32.7 Å². The van der Waals surface area contributed by atoms with Crippen LogP contribution in [-0.2, 0) is 33.9 Å². The number of carbonyl (C=O) groups is 3. The summed E-state index contributed by atoms with van der Waals surface area (Å²) in [5, 5.41) is 2.54. The summed E-state index contributed by atoms with van der Waals surface area (Å²) in [7, 11) is -2.71. The van der Waals surface area contributed by atoms with Crippen molar-refractivity contribution < 1.29 is 32.3 Å². The fourth-order valence-electron chi connectivity index (χ4n) is 2.69. The molecule has 0 unspecified atom stereocenters. The highest BCUT2D eigenvalue weighted by Gasteiger charge is 2.28. The van der Waals surface area contributed by atoms with Crippen LogP contribution in [0.25, 0.3) is 0 Å². The van der Waals surface area contributed by atoms with Gasteiger partial charge in [-0.05, 0) is 31.2 Å². The van der Waals surface area contributed by atoms with Gasteiger partial charge in [0.2, 0.25) is 15.9 Å². The molecule has 1 heterocycles. The molecule has 1 aromatic rings. The van der Waals surface area contributed by atoms with Gasteiger partial charge in [-0.3, -0.25) is 14.4 Å². The number of rotatable bonds is 7. The number of nitrogens with zero attached hydrogens (tertiary/aromatic N) is 2. The van der Waals surface area contributed by atoms with Crippen LogP contribution in [0.1, 0.15) is 13.8 Å². The van der Waals surface area contributed by atoms with Crippen molar-refractivity contribution in [3.05, 3.63) is 24.3 Å². The molecule has 1 aromatic carbocycles. The zero-order chi connectivity index (χ0) is 21.6. The van der Waals surface area contributed by atoms with Crippen molar-refractivity contribution in [1.82, 2.24) is 9.21 Å². The number of sulfonamides is 1. The van der Waals surface area contributed by atoms with Gasteiger partial charge in [0.05, 0.1) is 18.1 Å². The number of benzene rings is 1. The standard InChI is InChI=1S/C18H25N3O7S/c1-13(18(24)21-8-10-27-11-9-21)28-17(23)12-20(3)29(25,26)16-6-4-15(5-7-16)19-14(2)22/h4-7,13H,8-12H2,1-3H3,(H,19,22)/t13-/m0/s1. The number of likely N-dealkylation sites (N-methyl/N-ethyl adjacent to an activating group) is 1. The van der Waals surface area contributed by atoms with E-state index < -0.39 is 28.6 Å². The monoisotopic (exact) mass is 427 g/mol. The molecular formula is C18H25N3O7S. The Morgan fingerprint density at radius 1 is 1.21 bits per heavy atom. The summed E-state index contributed by atoms with van der Waals surface area (Å²) in [4.78, 5) is 36.9. The van der Waals surface area contributed by atoms with Crippen LogP contribution >= 0.6 is 0 Å². The molecule has 2 amide bonds. The molecule has 2 rings (SSSR count). The van der Waals surface area contributed by atoms with E-state index in [9.17, 15) is 22.8 Å². The van der Waals surface area contributed by atoms with Crippen molar-refractivity contribution in [2.24, 2.45) is 0 Å². The molecule has 0 radical (unpaired) electrons. The lowest BCUT2D eigenvalue weighted by Gasteiger charge is -2.29. The van der Waals surface area contributed by atoms with Gasteiger partial charge in [-0.15, -0.1) is 0 Å². The molecule has 0 aromatic heterocycles. The predicted molar refractivity (Wildman–Crippen MR) is 104 cm³/mol. The van der Waals surface area contributed by atoms with Gasteiger partial charge < -0.3 is 19.7 Å². The van der Waals surface area contributed by atoms with Gasteiger partial charge in [-0.1, -0.05) is 0 Å². The van der Waals surface area contributed by atoms with Crippen LogP contribution in [-0.4, -0.2) is 81.4 Å². The van der Waals surface area contributed by atoms with E-state index in [-0.39, 0.29) is 16.7 Å². The number of hydrogen-bond donors (Lipinski definition) is 1. The zero-order valence-corrected chi connectivity index (χ0v) is 17.4. The van der Waals surface area contributed by atoms with E-state index in [2.05, 4.69) is 5.32 Å². The van der Waals surface area contributed by atoms with Crippen molar-refractivity contribution >= 4 is 33.5 Å². The Kier molecular flexibility index (Phi) is 7.71. The smallest absolute Gasteiger partial charge is 0.322 e. The lowest BCUT2D eigenvalue weighted by Crippen LogP contribution is -2.46. The second kappa shape index (κ2) is 9.81. The van der Waals surface area contributed by atoms with E-state index in [1.807, 2.05) is 0 Å². The van der Waals surface area contributed by atoms with E-state index >= 15 is 0 Å². The van der Waals surface area contributed by atoms with Crippen LogP contribution in [0.2, 0.25) is 0 Å². The van der Waals surface area contributed by atoms with Crippen molar-refractivity contribution in [1.29, 1.82) is 0 Å². The van der Waals surface area contributed by atoms with Crippen LogP contribution in [0.3, 0.4) is 0 Å². The Bertz CT molecular complexity index is 849. The Morgan fingerprint density at radius 3 is 2.34 bits per heavy atom. The van der Waals surface area contributed by atoms with Crippen LogP contribution in [0.4, 0.5) is 5.69 Å². The molecule has 0 saturated carbocycles. The molecule has 11 heteroatoms. The topological polar surface area (TPSA) is 122 Å². The molecule has 1 saturated heterocycles. The maximum Gasteiger partial charge on any atom is 0.322 e. The van der Waals surface area contributed by atoms with Gasteiger partial charge in [-0.2, -0.15) is 4.31 Å². The lowest BCUT2D eigenvalue weighted by atomic mass is 10.3. The fraction of sp³-hybridized carbons (Fsp3) is 0.500. The van der Waals surface area contributed by atoms with Crippen LogP contribution in [0, 0.1) is 0 Å². The van der Waals surface area contributed by atoms with Gasteiger partial charge >= 0.3 is 5.97 Å². The average Bonchev–Trinajstić information content (AvgIpc) is 2.67. The molecule has 1 fully saturated rings. The number of morpholine rings is 1. The van der Waals surface area contributed by atoms with Gasteiger partial charge in [0.15, 0.2) is 6.10 Å². The largest absolute Gasteiger partial charge is 0.452 e. The molecule has 10 nitrogen and oxygen atoms in total.